The molecular formula is C96H64N4OS. The number of para-hydroxylation sites is 3. The van der Waals surface area contributed by atoms with Gasteiger partial charge < -0.3 is 23.4 Å². The van der Waals surface area contributed by atoms with Crippen molar-refractivity contribution in [2.75, 3.05) is 9.80 Å². The van der Waals surface area contributed by atoms with Gasteiger partial charge in [-0.1, -0.05) is 224 Å². The number of furan rings is 1. The van der Waals surface area contributed by atoms with E-state index in [1.54, 1.807) is 0 Å². The van der Waals surface area contributed by atoms with E-state index >= 15 is 0 Å². The Morgan fingerprint density at radius 3 is 0.931 bits per heavy atom. The minimum absolute atomic E-state index is 0.876. The van der Waals surface area contributed by atoms with Crippen molar-refractivity contribution in [2.24, 2.45) is 0 Å². The molecule has 0 spiro atoms. The van der Waals surface area contributed by atoms with E-state index in [-0.39, 0.29) is 0 Å². The van der Waals surface area contributed by atoms with Crippen LogP contribution in [0.4, 0.5) is 34.1 Å². The minimum atomic E-state index is 0.876. The number of thiophene rings is 1. The summed E-state index contributed by atoms with van der Waals surface area (Å²) in [6, 6.07) is 140. The second kappa shape index (κ2) is 25.5. The van der Waals surface area contributed by atoms with Gasteiger partial charge in [-0.25, -0.2) is 0 Å². The molecule has 0 bridgehead atoms. The molecule has 20 aromatic rings. The Hall–Kier alpha value is -13.3. The van der Waals surface area contributed by atoms with E-state index in [0.717, 1.165) is 67.4 Å². The molecule has 16 aromatic carbocycles. The topological polar surface area (TPSA) is 29.5 Å². The third-order valence-corrected chi connectivity index (χ3v) is 21.1. The van der Waals surface area contributed by atoms with Gasteiger partial charge in [-0.05, 0) is 202 Å². The summed E-state index contributed by atoms with van der Waals surface area (Å²) < 4.78 is 13.7. The highest BCUT2D eigenvalue weighted by atomic mass is 32.1. The summed E-state index contributed by atoms with van der Waals surface area (Å²) in [6.45, 7) is 0. The van der Waals surface area contributed by atoms with Crippen molar-refractivity contribution < 1.29 is 4.42 Å². The highest BCUT2D eigenvalue weighted by Gasteiger charge is 2.22. The molecule has 0 atom stereocenters. The Bertz CT molecular complexity index is 5870. The summed E-state index contributed by atoms with van der Waals surface area (Å²) >= 11 is 1.86. The second-order valence-corrected chi connectivity index (χ2v) is 27.1. The van der Waals surface area contributed by atoms with Crippen LogP contribution in [0.5, 0.6) is 0 Å². The number of anilines is 6. The first-order valence-corrected chi connectivity index (χ1v) is 35.5. The lowest BCUT2D eigenvalue weighted by molar-refractivity contribution is 0.669. The standard InChI is InChI=1S/C48H32N2O.C48H32N2S/c2*1-4-12-33(13-5-1)35-20-28-45-43(30-35)44-31-36(34-14-6-2-7-15-34)21-29-46(44)50(45)39-24-22-38(23-25-39)49(37-16-8-3-9-17-37)40-26-27-42-41-18-10-11-19-47(41)51-48(42)32-40/h2*1-32H. The van der Waals surface area contributed by atoms with Gasteiger partial charge in [0.25, 0.3) is 0 Å². The largest absolute Gasteiger partial charge is 0.456 e. The summed E-state index contributed by atoms with van der Waals surface area (Å²) in [7, 11) is 0. The van der Waals surface area contributed by atoms with Gasteiger partial charge in [-0.3, -0.25) is 0 Å². The molecule has 0 fully saturated rings. The number of hydrogen-bond donors (Lipinski definition) is 0. The van der Waals surface area contributed by atoms with Crippen LogP contribution in [0.25, 0.3) is 142 Å². The van der Waals surface area contributed by atoms with E-state index in [1.165, 1.54) is 108 Å². The van der Waals surface area contributed by atoms with Crippen LogP contribution < -0.4 is 9.80 Å². The smallest absolute Gasteiger partial charge is 0.137 e. The summed E-state index contributed by atoms with van der Waals surface area (Å²) in [5.74, 6) is 0. The molecule has 0 aliphatic carbocycles. The number of benzene rings is 16. The minimum Gasteiger partial charge on any atom is -0.456 e. The number of rotatable bonds is 12. The normalized spacial score (nSPS) is 11.5. The molecule has 20 rings (SSSR count). The molecule has 5 nitrogen and oxygen atoms in total. The fraction of sp³-hybridized carbons (Fsp3) is 0. The van der Waals surface area contributed by atoms with Crippen molar-refractivity contribution in [3.05, 3.63) is 388 Å². The molecule has 0 radical (unpaired) electrons. The van der Waals surface area contributed by atoms with E-state index in [4.69, 9.17) is 4.42 Å². The van der Waals surface area contributed by atoms with Crippen LogP contribution in [0.15, 0.2) is 393 Å². The van der Waals surface area contributed by atoms with Crippen LogP contribution in [0.2, 0.25) is 0 Å². The molecular weight excluding hydrogens is 1260 g/mol. The zero-order chi connectivity index (χ0) is 67.5. The highest BCUT2D eigenvalue weighted by molar-refractivity contribution is 7.25. The number of nitrogens with zero attached hydrogens (tertiary/aromatic N) is 4. The van der Waals surface area contributed by atoms with E-state index in [1.807, 2.05) is 23.5 Å². The summed E-state index contributed by atoms with van der Waals surface area (Å²) in [4.78, 5) is 4.65. The Kier molecular flexibility index (Phi) is 15.0. The highest BCUT2D eigenvalue weighted by Crippen LogP contribution is 2.45. The fourth-order valence-electron chi connectivity index (χ4n) is 15.1. The first-order chi connectivity index (χ1) is 50.6. The van der Waals surface area contributed by atoms with Gasteiger partial charge in [-0.15, -0.1) is 11.3 Å². The quantitative estimate of drug-likeness (QED) is 0.122. The zero-order valence-corrected chi connectivity index (χ0v) is 56.4. The van der Waals surface area contributed by atoms with E-state index in [0.29, 0.717) is 0 Å². The maximum Gasteiger partial charge on any atom is 0.137 e. The van der Waals surface area contributed by atoms with Gasteiger partial charge in [0.05, 0.1) is 22.1 Å². The van der Waals surface area contributed by atoms with E-state index < -0.39 is 0 Å². The van der Waals surface area contributed by atoms with Crippen LogP contribution in [-0.2, 0) is 0 Å². The predicted octanol–water partition coefficient (Wildman–Crippen LogP) is 27.4. The van der Waals surface area contributed by atoms with Gasteiger partial charge in [0.1, 0.15) is 11.2 Å². The molecule has 0 aliphatic rings. The SMILES string of the molecule is c1ccc(-c2ccc3c(c2)c2cc(-c4ccccc4)ccc2n3-c2ccc(N(c3ccccc3)c3ccc4c(c3)oc3ccccc34)cc2)cc1.c1ccc(-c2ccc3c(c2)c2cc(-c4ccccc4)ccc2n3-c2ccc(N(c3ccccc3)c3ccc4c(c3)sc3ccccc34)cc2)cc1. The van der Waals surface area contributed by atoms with Crippen LogP contribution in [0, 0.1) is 0 Å². The lowest BCUT2D eigenvalue weighted by Crippen LogP contribution is -2.09. The molecule has 480 valence electrons. The average molecular weight is 1320 g/mol. The second-order valence-electron chi connectivity index (χ2n) is 26.0. The fourth-order valence-corrected chi connectivity index (χ4v) is 16.2. The van der Waals surface area contributed by atoms with Crippen molar-refractivity contribution >= 4 is 131 Å². The van der Waals surface area contributed by atoms with Gasteiger partial charge in [-0.2, -0.15) is 0 Å². The van der Waals surface area contributed by atoms with Gasteiger partial charge in [0.2, 0.25) is 0 Å². The Balaban J connectivity index is 0.000000141. The van der Waals surface area contributed by atoms with Crippen LogP contribution in [0.3, 0.4) is 0 Å². The lowest BCUT2D eigenvalue weighted by atomic mass is 10.0. The Labute approximate surface area is 594 Å². The summed E-state index contributed by atoms with van der Waals surface area (Å²) in [5, 5.41) is 9.84. The molecule has 6 heteroatoms. The molecule has 4 aromatic heterocycles. The molecule has 0 aliphatic heterocycles. The van der Waals surface area contributed by atoms with Crippen molar-refractivity contribution in [1.29, 1.82) is 0 Å². The average Bonchev–Trinajstić information content (AvgIpc) is 1.57. The van der Waals surface area contributed by atoms with Crippen molar-refractivity contribution in [1.82, 2.24) is 9.13 Å². The van der Waals surface area contributed by atoms with Crippen molar-refractivity contribution in [3.63, 3.8) is 0 Å². The molecule has 0 N–H and O–H groups in total. The number of aromatic nitrogens is 2. The molecule has 4 heterocycles. The molecule has 0 amide bonds. The number of hydrogen-bond acceptors (Lipinski definition) is 4. The monoisotopic (exact) mass is 1320 g/mol. The van der Waals surface area contributed by atoms with Crippen LogP contribution in [-0.4, -0.2) is 9.13 Å². The number of fused-ring (bicyclic) bond motifs is 12. The molecule has 0 saturated carbocycles. The Morgan fingerprint density at radius 1 is 0.196 bits per heavy atom. The summed E-state index contributed by atoms with van der Waals surface area (Å²) in [6.07, 6.45) is 0. The van der Waals surface area contributed by atoms with Crippen LogP contribution in [0.1, 0.15) is 0 Å². The first kappa shape index (κ1) is 60.0. The van der Waals surface area contributed by atoms with Gasteiger partial charge in [0.15, 0.2) is 0 Å². The third-order valence-electron chi connectivity index (χ3n) is 20.0. The summed E-state index contributed by atoms with van der Waals surface area (Å²) in [5.41, 5.74) is 25.1. The van der Waals surface area contributed by atoms with E-state index in [9.17, 15) is 0 Å². The van der Waals surface area contributed by atoms with E-state index in [2.05, 4.69) is 395 Å². The lowest BCUT2D eigenvalue weighted by Gasteiger charge is -2.26. The van der Waals surface area contributed by atoms with Crippen molar-refractivity contribution in [3.8, 4) is 55.9 Å². The molecule has 0 saturated heterocycles. The Morgan fingerprint density at radius 2 is 0.510 bits per heavy atom. The van der Waals surface area contributed by atoms with Gasteiger partial charge in [0, 0.05) is 104 Å². The van der Waals surface area contributed by atoms with Crippen LogP contribution >= 0.6 is 11.3 Å². The predicted molar refractivity (Wildman–Crippen MR) is 433 cm³/mol. The van der Waals surface area contributed by atoms with Crippen molar-refractivity contribution in [2.45, 2.75) is 0 Å². The maximum absolute atomic E-state index is 6.31. The third kappa shape index (κ3) is 10.8. The molecule has 0 unspecified atom stereocenters. The maximum atomic E-state index is 6.31. The first-order valence-electron chi connectivity index (χ1n) is 34.7. The van der Waals surface area contributed by atoms with Gasteiger partial charge >= 0.3 is 0 Å². The zero-order valence-electron chi connectivity index (χ0n) is 55.6. The molecule has 102 heavy (non-hydrogen) atoms.